The van der Waals surface area contributed by atoms with Crippen molar-refractivity contribution in [3.63, 3.8) is 0 Å². The van der Waals surface area contributed by atoms with Gasteiger partial charge in [0.2, 0.25) is 5.79 Å². The summed E-state index contributed by atoms with van der Waals surface area (Å²) < 4.78 is 37.2. The molecular formula is C27H29BrO9S. The van der Waals surface area contributed by atoms with Gasteiger partial charge in [0.15, 0.2) is 17.5 Å². The highest BCUT2D eigenvalue weighted by Gasteiger charge is 2.84. The van der Waals surface area contributed by atoms with Crippen molar-refractivity contribution >= 4 is 44.2 Å². The largest absolute Gasteiger partial charge is 0.506 e. The summed E-state index contributed by atoms with van der Waals surface area (Å²) >= 11 is 5.00. The molecule has 204 valence electrons. The summed E-state index contributed by atoms with van der Waals surface area (Å²) in [7, 11) is 3.03. The number of aromatic hydroxyl groups is 1. The summed E-state index contributed by atoms with van der Waals surface area (Å²) in [6.07, 6.45) is 0.373. The first-order valence-corrected chi connectivity index (χ1v) is 14.9. The van der Waals surface area contributed by atoms with Crippen LogP contribution in [0.4, 0.5) is 0 Å². The minimum absolute atomic E-state index is 0.00106. The number of alkyl halides is 1. The van der Waals surface area contributed by atoms with Gasteiger partial charge in [0.1, 0.15) is 28.8 Å². The minimum atomic E-state index is -1.75. The second-order valence-electron chi connectivity index (χ2n) is 10.7. The normalized spacial score (nSPS) is 38.2. The predicted octanol–water partition coefficient (Wildman–Crippen LogP) is 3.89. The smallest absolute Gasteiger partial charge is 0.275 e. The molecular weight excluding hydrogens is 580 g/mol. The van der Waals surface area contributed by atoms with Crippen LogP contribution in [0.1, 0.15) is 52.9 Å². The molecule has 3 fully saturated rings. The van der Waals surface area contributed by atoms with E-state index in [9.17, 15) is 15.0 Å². The Hall–Kier alpha value is -1.60. The maximum Gasteiger partial charge on any atom is 0.275 e. The van der Waals surface area contributed by atoms with Gasteiger partial charge in [-0.2, -0.15) is 0 Å². The molecule has 7 rings (SSSR count). The topological polar surface area (TPSA) is 116 Å². The van der Waals surface area contributed by atoms with E-state index in [4.69, 9.17) is 28.4 Å². The molecule has 1 aliphatic carbocycles. The van der Waals surface area contributed by atoms with E-state index in [1.807, 2.05) is 19.9 Å². The Kier molecular flexibility index (Phi) is 5.49. The zero-order chi connectivity index (χ0) is 26.8. The van der Waals surface area contributed by atoms with Gasteiger partial charge >= 0.3 is 0 Å². The first-order chi connectivity index (χ1) is 18.2. The number of carbonyl (C=O) groups is 1. The molecule has 2 aromatic rings. The van der Waals surface area contributed by atoms with Crippen molar-refractivity contribution in [2.24, 2.45) is 0 Å². The molecule has 7 atom stereocenters. The highest BCUT2D eigenvalue weighted by atomic mass is 79.9. The first-order valence-electron chi connectivity index (χ1n) is 12.7. The Bertz CT molecular complexity index is 1400. The third-order valence-corrected chi connectivity index (χ3v) is 10.9. The Morgan fingerprint density at radius 1 is 1.26 bits per heavy atom. The van der Waals surface area contributed by atoms with E-state index in [1.54, 1.807) is 7.11 Å². The number of hydrogen-bond donors (Lipinski definition) is 2. The lowest BCUT2D eigenvalue weighted by Gasteiger charge is -2.53. The Morgan fingerprint density at radius 2 is 2.03 bits per heavy atom. The van der Waals surface area contributed by atoms with Gasteiger partial charge in [0.05, 0.1) is 29.9 Å². The fourth-order valence-corrected chi connectivity index (χ4v) is 8.92. The van der Waals surface area contributed by atoms with Crippen LogP contribution in [0.25, 0.3) is 10.8 Å². The van der Waals surface area contributed by atoms with E-state index in [0.717, 1.165) is 5.56 Å². The molecule has 4 aliphatic heterocycles. The number of thioether (sulfide) groups is 1. The fourth-order valence-electron chi connectivity index (χ4n) is 6.82. The molecule has 0 aromatic heterocycles. The molecule has 2 bridgehead atoms. The van der Waals surface area contributed by atoms with Crippen LogP contribution in [-0.2, 0) is 25.4 Å². The Balaban J connectivity index is 1.47. The number of ether oxygens (including phenoxy) is 6. The standard InChI is InChI=1S/C27H29BrO9S/c1-11-8-14-18(19(30)17-13(20(14)32-3)6-5-7-15(17)29)21-16(11)22-23-27(33-4,36-21)25(31,9-28)26(35-22,37-23)10-38-24-12(2)34-24/h8,12,22-24,30-31H,5-7,9-10H2,1-4H3/t12?,22?,23?,24?,25-,26?,27-/m1/s1. The van der Waals surface area contributed by atoms with Gasteiger partial charge in [-0.3, -0.25) is 4.79 Å². The van der Waals surface area contributed by atoms with Crippen LogP contribution in [0.2, 0.25) is 0 Å². The van der Waals surface area contributed by atoms with Crippen molar-refractivity contribution in [3.8, 4) is 17.2 Å². The first kappa shape index (κ1) is 25.4. The van der Waals surface area contributed by atoms with Gasteiger partial charge in [0, 0.05) is 35.4 Å². The molecule has 4 heterocycles. The SMILES string of the molecule is COc1c2c(c(O)c3c4c(c(C)cc13)C1OC3(CSC5OC5C)OC1[C@@](OC)(O4)[C@@]3(O)CBr)C(=O)CCC2. The van der Waals surface area contributed by atoms with Crippen LogP contribution in [0, 0.1) is 6.92 Å². The average molecular weight is 609 g/mol. The average Bonchev–Trinajstić information content (AvgIpc) is 3.38. The summed E-state index contributed by atoms with van der Waals surface area (Å²) in [6, 6.07) is 1.93. The summed E-state index contributed by atoms with van der Waals surface area (Å²) in [5.41, 5.74) is 0.760. The van der Waals surface area contributed by atoms with Gasteiger partial charge in [-0.05, 0) is 38.3 Å². The number of aliphatic hydroxyl groups is 1. The number of phenols is 1. The predicted molar refractivity (Wildman–Crippen MR) is 142 cm³/mol. The van der Waals surface area contributed by atoms with Crippen LogP contribution in [0.15, 0.2) is 6.07 Å². The molecule has 5 aliphatic rings. The van der Waals surface area contributed by atoms with Crippen molar-refractivity contribution < 1.29 is 43.4 Å². The number of rotatable bonds is 6. The maximum atomic E-state index is 13.0. The molecule has 5 unspecified atom stereocenters. The summed E-state index contributed by atoms with van der Waals surface area (Å²) in [5, 5.41) is 24.8. The highest BCUT2D eigenvalue weighted by molar-refractivity contribution is 9.09. The zero-order valence-electron chi connectivity index (χ0n) is 21.5. The van der Waals surface area contributed by atoms with E-state index >= 15 is 0 Å². The van der Waals surface area contributed by atoms with Crippen LogP contribution in [-0.4, -0.2) is 76.1 Å². The lowest BCUT2D eigenvalue weighted by Crippen LogP contribution is -2.74. The van der Waals surface area contributed by atoms with Crippen molar-refractivity contribution in [3.05, 3.63) is 28.3 Å². The molecule has 9 nitrogen and oxygen atoms in total. The van der Waals surface area contributed by atoms with Gasteiger partial charge < -0.3 is 38.6 Å². The minimum Gasteiger partial charge on any atom is -0.506 e. The summed E-state index contributed by atoms with van der Waals surface area (Å²) in [6.45, 7) is 3.93. The third-order valence-electron chi connectivity index (χ3n) is 8.75. The van der Waals surface area contributed by atoms with Crippen LogP contribution >= 0.6 is 27.7 Å². The van der Waals surface area contributed by atoms with Crippen LogP contribution < -0.4 is 9.47 Å². The quantitative estimate of drug-likeness (QED) is 0.369. The summed E-state index contributed by atoms with van der Waals surface area (Å²) in [4.78, 5) is 13.0. The number of ketones is 1. The number of Topliss-reactive ketones (excluding diaryl/α,β-unsaturated/α-hetero) is 1. The molecule has 0 radical (unpaired) electrons. The van der Waals surface area contributed by atoms with Gasteiger partial charge in [-0.25, -0.2) is 0 Å². The van der Waals surface area contributed by atoms with Crippen molar-refractivity contribution in [2.75, 3.05) is 25.3 Å². The molecule has 11 heteroatoms. The van der Waals surface area contributed by atoms with Crippen molar-refractivity contribution in [1.82, 2.24) is 0 Å². The number of phenolic OH excluding ortho intramolecular Hbond substituents is 1. The van der Waals surface area contributed by atoms with Gasteiger partial charge in [-0.15, -0.1) is 11.8 Å². The van der Waals surface area contributed by atoms with Gasteiger partial charge in [0.25, 0.3) is 5.79 Å². The number of aryl methyl sites for hydroxylation is 1. The van der Waals surface area contributed by atoms with Crippen LogP contribution in [0.5, 0.6) is 17.2 Å². The van der Waals surface area contributed by atoms with Gasteiger partial charge in [-0.1, -0.05) is 15.9 Å². The van der Waals surface area contributed by atoms with E-state index in [-0.39, 0.29) is 34.0 Å². The Labute approximate surface area is 232 Å². The molecule has 0 amide bonds. The monoisotopic (exact) mass is 608 g/mol. The number of carbonyl (C=O) groups excluding carboxylic acids is 1. The maximum absolute atomic E-state index is 13.0. The third kappa shape index (κ3) is 2.88. The molecule has 3 saturated heterocycles. The van der Waals surface area contributed by atoms with E-state index in [2.05, 4.69) is 15.9 Å². The van der Waals surface area contributed by atoms with Crippen LogP contribution in [0.3, 0.4) is 0 Å². The lowest BCUT2D eigenvalue weighted by atomic mass is 9.77. The fraction of sp³-hybridized carbons (Fsp3) is 0.593. The number of epoxide rings is 1. The van der Waals surface area contributed by atoms with E-state index in [1.165, 1.54) is 18.9 Å². The van der Waals surface area contributed by atoms with E-state index < -0.39 is 29.4 Å². The second kappa shape index (κ2) is 8.22. The number of hydrogen-bond acceptors (Lipinski definition) is 10. The molecule has 38 heavy (non-hydrogen) atoms. The Morgan fingerprint density at radius 3 is 2.68 bits per heavy atom. The number of halogens is 1. The molecule has 0 spiro atoms. The molecule has 2 N–H and O–H groups in total. The van der Waals surface area contributed by atoms with Crippen molar-refractivity contribution in [2.45, 2.75) is 74.0 Å². The van der Waals surface area contributed by atoms with Crippen molar-refractivity contribution in [1.29, 1.82) is 0 Å². The number of methoxy groups -OCH3 is 2. The lowest BCUT2D eigenvalue weighted by molar-refractivity contribution is -0.339. The number of benzene rings is 2. The second-order valence-corrected chi connectivity index (χ2v) is 12.3. The zero-order valence-corrected chi connectivity index (χ0v) is 23.9. The highest BCUT2D eigenvalue weighted by Crippen LogP contribution is 2.67. The van der Waals surface area contributed by atoms with E-state index in [0.29, 0.717) is 58.4 Å². The molecule has 0 saturated carbocycles. The number of fused-ring (bicyclic) bond motifs is 6. The summed E-state index contributed by atoms with van der Waals surface area (Å²) in [5.74, 6) is -2.22. The molecule has 2 aromatic carbocycles.